The fourth-order valence-corrected chi connectivity index (χ4v) is 6.19. The molecule has 2 aliphatic carbocycles. The molecule has 2 rings (SSSR count). The fraction of sp³-hybridized carbons (Fsp3) is 0.840. The Hall–Kier alpha value is -1.40. The molecule has 0 radical (unpaired) electrons. The van der Waals surface area contributed by atoms with E-state index in [4.69, 9.17) is 9.84 Å². The first-order valence-corrected chi connectivity index (χ1v) is 11.7. The van der Waals surface area contributed by atoms with Crippen LogP contribution in [0, 0.1) is 28.6 Å². The van der Waals surface area contributed by atoms with Gasteiger partial charge in [-0.15, -0.1) is 0 Å². The van der Waals surface area contributed by atoms with E-state index in [1.807, 2.05) is 6.92 Å². The highest BCUT2D eigenvalue weighted by Gasteiger charge is 2.60. The number of aliphatic hydroxyl groups is 2. The molecule has 1 saturated carbocycles. The van der Waals surface area contributed by atoms with Crippen LogP contribution in [0.25, 0.3) is 0 Å². The Kier molecular flexibility index (Phi) is 7.69. The van der Waals surface area contributed by atoms with Gasteiger partial charge in [-0.1, -0.05) is 46.3 Å². The molecular formula is C25H42O6. The van der Waals surface area contributed by atoms with Crippen molar-refractivity contribution in [1.82, 2.24) is 0 Å². The lowest BCUT2D eigenvalue weighted by Gasteiger charge is -2.60. The zero-order valence-electron chi connectivity index (χ0n) is 20.3. The number of fused-ring (bicyclic) bond motifs is 1. The summed E-state index contributed by atoms with van der Waals surface area (Å²) >= 11 is 0. The zero-order valence-corrected chi connectivity index (χ0v) is 20.3. The smallest absolute Gasteiger partial charge is 0.338 e. The van der Waals surface area contributed by atoms with E-state index in [-0.39, 0.29) is 36.0 Å². The van der Waals surface area contributed by atoms with Crippen molar-refractivity contribution in [3.63, 3.8) is 0 Å². The predicted molar refractivity (Wildman–Crippen MR) is 119 cm³/mol. The molecule has 6 heteroatoms. The van der Waals surface area contributed by atoms with Crippen LogP contribution in [0.5, 0.6) is 0 Å². The number of carbonyl (C=O) groups excluding carboxylic acids is 1. The van der Waals surface area contributed by atoms with Crippen molar-refractivity contribution in [3.8, 4) is 0 Å². The minimum Gasteiger partial charge on any atom is -0.481 e. The molecule has 0 aromatic carbocycles. The number of aliphatic hydroxyl groups excluding tert-OH is 1. The zero-order chi connectivity index (χ0) is 23.8. The third-order valence-electron chi connectivity index (χ3n) is 8.28. The van der Waals surface area contributed by atoms with Crippen LogP contribution in [-0.2, 0) is 14.3 Å². The number of esters is 1. The van der Waals surface area contributed by atoms with E-state index >= 15 is 0 Å². The van der Waals surface area contributed by atoms with E-state index < -0.39 is 35.2 Å². The van der Waals surface area contributed by atoms with Crippen LogP contribution >= 0.6 is 0 Å². The molecule has 7 atom stereocenters. The number of allylic oxidation sites excluding steroid dienone is 2. The molecule has 1 fully saturated rings. The molecule has 6 nitrogen and oxygen atoms in total. The molecule has 0 amide bonds. The number of carboxylic acid groups (broad SMARTS) is 1. The number of hydrogen-bond donors (Lipinski definition) is 3. The van der Waals surface area contributed by atoms with Gasteiger partial charge in [0.15, 0.2) is 5.60 Å². The highest BCUT2D eigenvalue weighted by atomic mass is 16.6. The van der Waals surface area contributed by atoms with Crippen molar-refractivity contribution in [3.05, 3.63) is 11.6 Å². The van der Waals surface area contributed by atoms with Crippen LogP contribution in [-0.4, -0.2) is 45.1 Å². The summed E-state index contributed by atoms with van der Waals surface area (Å²) in [4.78, 5) is 23.6. The standard InChI is InChI=1S/C25H42O6/c1-8-25(7,30)22(29)31-21-18(26)14-24(6)17(11-9-15(2)13-20(27)28)16(3)10-12-19(24)23(21,4)5/h10,15,17-19,21,26,30H,8-9,11-14H2,1-7H3,(H,27,28). The molecule has 0 saturated heterocycles. The Morgan fingerprint density at radius 2 is 1.94 bits per heavy atom. The summed E-state index contributed by atoms with van der Waals surface area (Å²) in [5.74, 6) is -0.921. The lowest BCUT2D eigenvalue weighted by Crippen LogP contribution is -2.61. The van der Waals surface area contributed by atoms with Crippen molar-refractivity contribution in [2.75, 3.05) is 0 Å². The number of carbonyl (C=O) groups is 2. The van der Waals surface area contributed by atoms with Crippen molar-refractivity contribution in [1.29, 1.82) is 0 Å². The lowest BCUT2D eigenvalue weighted by molar-refractivity contribution is -0.214. The third kappa shape index (κ3) is 5.16. The van der Waals surface area contributed by atoms with Gasteiger partial charge in [-0.3, -0.25) is 4.79 Å². The molecule has 0 aromatic heterocycles. The lowest BCUT2D eigenvalue weighted by atomic mass is 9.46. The van der Waals surface area contributed by atoms with Crippen LogP contribution < -0.4 is 0 Å². The van der Waals surface area contributed by atoms with Gasteiger partial charge in [0.1, 0.15) is 6.10 Å². The number of carboxylic acids is 1. The highest BCUT2D eigenvalue weighted by Crippen LogP contribution is 2.61. The van der Waals surface area contributed by atoms with Crippen molar-refractivity contribution < 1.29 is 29.6 Å². The second-order valence-corrected chi connectivity index (χ2v) is 11.1. The van der Waals surface area contributed by atoms with Crippen molar-refractivity contribution in [2.45, 2.75) is 105 Å². The fourth-order valence-electron chi connectivity index (χ4n) is 6.19. The van der Waals surface area contributed by atoms with Crippen molar-refractivity contribution in [2.24, 2.45) is 28.6 Å². The maximum absolute atomic E-state index is 12.6. The molecule has 3 N–H and O–H groups in total. The van der Waals surface area contributed by atoms with E-state index in [1.54, 1.807) is 6.92 Å². The topological polar surface area (TPSA) is 104 Å². The van der Waals surface area contributed by atoms with Crippen LogP contribution in [0.15, 0.2) is 11.6 Å². The van der Waals surface area contributed by atoms with E-state index in [0.29, 0.717) is 6.42 Å². The highest BCUT2D eigenvalue weighted by molar-refractivity contribution is 5.78. The summed E-state index contributed by atoms with van der Waals surface area (Å²) < 4.78 is 5.75. The van der Waals surface area contributed by atoms with Gasteiger partial charge < -0.3 is 20.1 Å². The summed E-state index contributed by atoms with van der Waals surface area (Å²) in [6.45, 7) is 13.6. The average molecular weight is 439 g/mol. The van der Waals surface area contributed by atoms with Gasteiger partial charge in [0.05, 0.1) is 6.10 Å². The second kappa shape index (κ2) is 9.22. The molecule has 7 unspecified atom stereocenters. The predicted octanol–water partition coefficient (Wildman–Crippen LogP) is 4.33. The largest absolute Gasteiger partial charge is 0.481 e. The normalized spacial score (nSPS) is 35.3. The summed E-state index contributed by atoms with van der Waals surface area (Å²) in [6, 6.07) is 0. The molecule has 0 spiro atoms. The Morgan fingerprint density at radius 3 is 2.48 bits per heavy atom. The van der Waals surface area contributed by atoms with Crippen LogP contribution in [0.1, 0.15) is 87.0 Å². The quantitative estimate of drug-likeness (QED) is 0.385. The monoisotopic (exact) mass is 438 g/mol. The SMILES string of the molecule is CCC(C)(O)C(=O)OC1C(O)CC2(C)C(CCC(C)CC(=O)O)C(C)=CCC2C1(C)C. The average Bonchev–Trinajstić information content (AvgIpc) is 2.63. The first-order valence-electron chi connectivity index (χ1n) is 11.7. The Bertz CT molecular complexity index is 709. The molecule has 178 valence electrons. The number of hydrogen-bond acceptors (Lipinski definition) is 5. The summed E-state index contributed by atoms with van der Waals surface area (Å²) in [5, 5.41) is 30.5. The maximum atomic E-state index is 12.6. The van der Waals surface area contributed by atoms with Crippen LogP contribution in [0.3, 0.4) is 0 Å². The summed E-state index contributed by atoms with van der Waals surface area (Å²) in [6.07, 6.45) is 4.22. The maximum Gasteiger partial charge on any atom is 0.338 e. The minimum atomic E-state index is -1.57. The Morgan fingerprint density at radius 1 is 1.32 bits per heavy atom. The van der Waals surface area contributed by atoms with E-state index in [1.165, 1.54) is 12.5 Å². The first-order chi connectivity index (χ1) is 14.2. The van der Waals surface area contributed by atoms with E-state index in [9.17, 15) is 19.8 Å². The van der Waals surface area contributed by atoms with E-state index in [2.05, 4.69) is 33.8 Å². The number of aliphatic carboxylic acids is 1. The van der Waals surface area contributed by atoms with Gasteiger partial charge >= 0.3 is 11.9 Å². The van der Waals surface area contributed by atoms with Gasteiger partial charge in [-0.25, -0.2) is 4.79 Å². The van der Waals surface area contributed by atoms with Gasteiger partial charge in [-0.2, -0.15) is 0 Å². The van der Waals surface area contributed by atoms with E-state index in [0.717, 1.165) is 19.3 Å². The molecule has 0 bridgehead atoms. The molecular weight excluding hydrogens is 396 g/mol. The minimum absolute atomic E-state index is 0.0979. The molecule has 31 heavy (non-hydrogen) atoms. The van der Waals surface area contributed by atoms with Gasteiger partial charge in [0.25, 0.3) is 0 Å². The summed E-state index contributed by atoms with van der Waals surface area (Å²) in [7, 11) is 0. The van der Waals surface area contributed by atoms with Crippen LogP contribution in [0.4, 0.5) is 0 Å². The van der Waals surface area contributed by atoms with Gasteiger partial charge in [0.2, 0.25) is 0 Å². The molecule has 0 heterocycles. The molecule has 0 aliphatic heterocycles. The molecule has 2 aliphatic rings. The van der Waals surface area contributed by atoms with Gasteiger partial charge in [-0.05, 0) is 69.1 Å². The Balaban J connectivity index is 2.27. The third-order valence-corrected chi connectivity index (χ3v) is 8.28. The van der Waals surface area contributed by atoms with Gasteiger partial charge in [0, 0.05) is 11.8 Å². The number of rotatable bonds is 8. The van der Waals surface area contributed by atoms with Crippen molar-refractivity contribution >= 4 is 11.9 Å². The van der Waals surface area contributed by atoms with Crippen LogP contribution in [0.2, 0.25) is 0 Å². The first kappa shape index (κ1) is 25.9. The molecule has 0 aromatic rings. The Labute approximate surface area is 187 Å². The summed E-state index contributed by atoms with van der Waals surface area (Å²) in [5.41, 5.74) is -0.925. The second-order valence-electron chi connectivity index (χ2n) is 11.1. The number of ether oxygens (including phenoxy) is 1.